The number of hydrogen-bond donors (Lipinski definition) is 3. The summed E-state index contributed by atoms with van der Waals surface area (Å²) in [4.78, 5) is 35.4. The summed E-state index contributed by atoms with van der Waals surface area (Å²) in [6, 6.07) is 7.21. The molecule has 140 valence electrons. The van der Waals surface area contributed by atoms with Gasteiger partial charge in [-0.1, -0.05) is 38.0 Å². The number of benzene rings is 1. The molecule has 2 rings (SSSR count). The summed E-state index contributed by atoms with van der Waals surface area (Å²) < 4.78 is 0. The van der Waals surface area contributed by atoms with E-state index in [9.17, 15) is 14.4 Å². The predicted molar refractivity (Wildman–Crippen MR) is 100 cm³/mol. The molecule has 1 aromatic carbocycles. The molecule has 1 aromatic rings. The first-order valence-corrected chi connectivity index (χ1v) is 9.00. The second-order valence-corrected chi connectivity index (χ2v) is 6.83. The molecule has 0 saturated heterocycles. The first-order chi connectivity index (χ1) is 12.4. The molecule has 0 heterocycles. The van der Waals surface area contributed by atoms with Crippen molar-refractivity contribution in [2.45, 2.75) is 51.1 Å². The Morgan fingerprint density at radius 1 is 1.15 bits per heavy atom. The SMILES string of the molecule is C=CC(=O)NCC1(NC(=O)c2cccc(CNC(C)=O)c2)CCCCC1. The Kier molecular flexibility index (Phi) is 6.95. The Bertz CT molecular complexity index is 679. The van der Waals surface area contributed by atoms with Gasteiger partial charge in [0.15, 0.2) is 0 Å². The molecule has 3 N–H and O–H groups in total. The molecule has 6 heteroatoms. The summed E-state index contributed by atoms with van der Waals surface area (Å²) in [5.74, 6) is -0.509. The Morgan fingerprint density at radius 2 is 1.88 bits per heavy atom. The Labute approximate surface area is 154 Å². The van der Waals surface area contributed by atoms with Gasteiger partial charge in [-0.15, -0.1) is 0 Å². The third-order valence-corrected chi connectivity index (χ3v) is 4.71. The second kappa shape index (κ2) is 9.17. The van der Waals surface area contributed by atoms with Crippen molar-refractivity contribution in [1.29, 1.82) is 0 Å². The van der Waals surface area contributed by atoms with Crippen LogP contribution in [0.5, 0.6) is 0 Å². The molecular weight excluding hydrogens is 330 g/mol. The fourth-order valence-electron chi connectivity index (χ4n) is 3.27. The number of hydrogen-bond acceptors (Lipinski definition) is 3. The van der Waals surface area contributed by atoms with Crippen LogP contribution in [0, 0.1) is 0 Å². The molecule has 1 saturated carbocycles. The lowest BCUT2D eigenvalue weighted by Gasteiger charge is -2.38. The van der Waals surface area contributed by atoms with E-state index in [-0.39, 0.29) is 17.7 Å². The van der Waals surface area contributed by atoms with E-state index in [1.165, 1.54) is 13.0 Å². The summed E-state index contributed by atoms with van der Waals surface area (Å²) in [7, 11) is 0. The molecule has 0 bridgehead atoms. The van der Waals surface area contributed by atoms with Crippen molar-refractivity contribution >= 4 is 17.7 Å². The third kappa shape index (κ3) is 5.72. The first kappa shape index (κ1) is 19.7. The van der Waals surface area contributed by atoms with Crippen molar-refractivity contribution in [3.05, 3.63) is 48.0 Å². The lowest BCUT2D eigenvalue weighted by molar-refractivity contribution is -0.119. The fraction of sp³-hybridized carbons (Fsp3) is 0.450. The number of nitrogens with one attached hydrogen (secondary N) is 3. The van der Waals surface area contributed by atoms with Gasteiger partial charge in [0.1, 0.15) is 0 Å². The average Bonchev–Trinajstić information content (AvgIpc) is 2.65. The monoisotopic (exact) mass is 357 g/mol. The molecule has 3 amide bonds. The van der Waals surface area contributed by atoms with Crippen LogP contribution in [-0.4, -0.2) is 29.8 Å². The minimum atomic E-state index is -0.429. The van der Waals surface area contributed by atoms with E-state index in [1.54, 1.807) is 18.2 Å². The number of carbonyl (C=O) groups is 3. The van der Waals surface area contributed by atoms with Crippen LogP contribution in [0.3, 0.4) is 0 Å². The molecule has 1 fully saturated rings. The lowest BCUT2D eigenvalue weighted by atomic mass is 9.81. The van der Waals surface area contributed by atoms with Gasteiger partial charge in [-0.05, 0) is 36.6 Å². The largest absolute Gasteiger partial charge is 0.352 e. The maximum atomic E-state index is 12.8. The molecule has 0 spiro atoms. The van der Waals surface area contributed by atoms with Crippen LogP contribution in [0.2, 0.25) is 0 Å². The highest BCUT2D eigenvalue weighted by Gasteiger charge is 2.34. The Hall–Kier alpha value is -2.63. The van der Waals surface area contributed by atoms with E-state index in [0.717, 1.165) is 37.7 Å². The smallest absolute Gasteiger partial charge is 0.251 e. The predicted octanol–water partition coefficient (Wildman–Crippen LogP) is 2.06. The van der Waals surface area contributed by atoms with E-state index in [4.69, 9.17) is 0 Å². The highest BCUT2D eigenvalue weighted by Crippen LogP contribution is 2.28. The van der Waals surface area contributed by atoms with Gasteiger partial charge in [0, 0.05) is 25.6 Å². The molecule has 0 radical (unpaired) electrons. The first-order valence-electron chi connectivity index (χ1n) is 9.00. The maximum absolute atomic E-state index is 12.8. The molecule has 1 aliphatic rings. The third-order valence-electron chi connectivity index (χ3n) is 4.71. The lowest BCUT2D eigenvalue weighted by Crippen LogP contribution is -2.56. The van der Waals surface area contributed by atoms with Crippen molar-refractivity contribution in [2.24, 2.45) is 0 Å². The topological polar surface area (TPSA) is 87.3 Å². The van der Waals surface area contributed by atoms with Gasteiger partial charge in [0.25, 0.3) is 5.91 Å². The van der Waals surface area contributed by atoms with Crippen LogP contribution in [0.4, 0.5) is 0 Å². The molecule has 26 heavy (non-hydrogen) atoms. The molecule has 0 atom stereocenters. The second-order valence-electron chi connectivity index (χ2n) is 6.83. The van der Waals surface area contributed by atoms with Crippen molar-refractivity contribution in [1.82, 2.24) is 16.0 Å². The van der Waals surface area contributed by atoms with E-state index in [1.807, 2.05) is 6.07 Å². The van der Waals surface area contributed by atoms with E-state index in [0.29, 0.717) is 18.7 Å². The van der Waals surface area contributed by atoms with Gasteiger partial charge < -0.3 is 16.0 Å². The zero-order chi connectivity index (χ0) is 19.0. The Balaban J connectivity index is 2.08. The fourth-order valence-corrected chi connectivity index (χ4v) is 3.27. The minimum absolute atomic E-state index is 0.112. The van der Waals surface area contributed by atoms with Gasteiger partial charge in [0.05, 0.1) is 5.54 Å². The van der Waals surface area contributed by atoms with E-state index < -0.39 is 5.54 Å². The highest BCUT2D eigenvalue weighted by atomic mass is 16.2. The van der Waals surface area contributed by atoms with Crippen LogP contribution in [0.1, 0.15) is 54.9 Å². The normalized spacial score (nSPS) is 15.6. The summed E-state index contributed by atoms with van der Waals surface area (Å²) in [6.45, 7) is 5.71. The molecule has 6 nitrogen and oxygen atoms in total. The van der Waals surface area contributed by atoms with Crippen LogP contribution in [0.15, 0.2) is 36.9 Å². The van der Waals surface area contributed by atoms with Gasteiger partial charge in [0.2, 0.25) is 11.8 Å². The summed E-state index contributed by atoms with van der Waals surface area (Å²) in [5.41, 5.74) is 0.986. The van der Waals surface area contributed by atoms with Crippen molar-refractivity contribution < 1.29 is 14.4 Å². The van der Waals surface area contributed by atoms with Crippen molar-refractivity contribution in [2.75, 3.05) is 6.54 Å². The summed E-state index contributed by atoms with van der Waals surface area (Å²) in [6.07, 6.45) is 6.09. The molecule has 1 aliphatic carbocycles. The van der Waals surface area contributed by atoms with Crippen LogP contribution >= 0.6 is 0 Å². The number of rotatable bonds is 7. The maximum Gasteiger partial charge on any atom is 0.251 e. The standard InChI is InChI=1S/C20H27N3O3/c1-3-18(25)22-14-20(10-5-4-6-11-20)23-19(26)17-9-7-8-16(12-17)13-21-15(2)24/h3,7-9,12H,1,4-6,10-11,13-14H2,2H3,(H,21,24)(H,22,25)(H,23,26). The number of amides is 3. The molecule has 0 aromatic heterocycles. The van der Waals surface area contributed by atoms with Gasteiger partial charge in [-0.2, -0.15) is 0 Å². The summed E-state index contributed by atoms with van der Waals surface area (Å²) >= 11 is 0. The average molecular weight is 357 g/mol. The van der Waals surface area contributed by atoms with E-state index in [2.05, 4.69) is 22.5 Å². The quantitative estimate of drug-likeness (QED) is 0.653. The van der Waals surface area contributed by atoms with Crippen molar-refractivity contribution in [3.63, 3.8) is 0 Å². The van der Waals surface area contributed by atoms with Gasteiger partial charge >= 0.3 is 0 Å². The van der Waals surface area contributed by atoms with E-state index >= 15 is 0 Å². The zero-order valence-corrected chi connectivity index (χ0v) is 15.3. The van der Waals surface area contributed by atoms with Crippen LogP contribution < -0.4 is 16.0 Å². The van der Waals surface area contributed by atoms with Gasteiger partial charge in [-0.3, -0.25) is 14.4 Å². The minimum Gasteiger partial charge on any atom is -0.352 e. The highest BCUT2D eigenvalue weighted by molar-refractivity contribution is 5.95. The van der Waals surface area contributed by atoms with Crippen molar-refractivity contribution in [3.8, 4) is 0 Å². The van der Waals surface area contributed by atoms with Crippen LogP contribution in [-0.2, 0) is 16.1 Å². The molecule has 0 aliphatic heterocycles. The molecular formula is C20H27N3O3. The molecule has 0 unspecified atom stereocenters. The van der Waals surface area contributed by atoms with Crippen LogP contribution in [0.25, 0.3) is 0 Å². The number of carbonyl (C=O) groups excluding carboxylic acids is 3. The van der Waals surface area contributed by atoms with Gasteiger partial charge in [-0.25, -0.2) is 0 Å². The zero-order valence-electron chi connectivity index (χ0n) is 15.3. The summed E-state index contributed by atoms with van der Waals surface area (Å²) in [5, 5.41) is 8.70. The Morgan fingerprint density at radius 3 is 2.54 bits per heavy atom.